The average molecular weight is 657 g/mol. The lowest BCUT2D eigenvalue weighted by atomic mass is 10.1. The molecule has 0 saturated carbocycles. The number of anilines is 6. The third-order valence-corrected chi connectivity index (χ3v) is 8.11. The number of rotatable bonds is 12. The van der Waals surface area contributed by atoms with Crippen molar-refractivity contribution in [2.75, 3.05) is 24.0 Å². The third-order valence-electron chi connectivity index (χ3n) is 8.11. The summed E-state index contributed by atoms with van der Waals surface area (Å²) in [5.74, 6) is 4.22. The van der Waals surface area contributed by atoms with Crippen molar-refractivity contribution in [1.29, 1.82) is 0 Å². The van der Waals surface area contributed by atoms with Crippen LogP contribution in [0.1, 0.15) is 0 Å². The molecule has 7 rings (SSSR count). The van der Waals surface area contributed by atoms with Crippen molar-refractivity contribution in [3.05, 3.63) is 182 Å². The molecule has 0 radical (unpaired) electrons. The molecule has 246 valence electrons. The zero-order valence-corrected chi connectivity index (χ0v) is 27.8. The second-order valence-corrected chi connectivity index (χ2v) is 11.4. The molecular weight excluding hydrogens is 620 g/mol. The van der Waals surface area contributed by atoms with Gasteiger partial charge in [-0.2, -0.15) is 0 Å². The van der Waals surface area contributed by atoms with Gasteiger partial charge in [-0.05, 0) is 84.9 Å². The molecule has 6 heteroatoms. The summed E-state index contributed by atoms with van der Waals surface area (Å²) in [7, 11) is 3.37. The van der Waals surface area contributed by atoms with Gasteiger partial charge in [-0.1, -0.05) is 78.9 Å². The second-order valence-electron chi connectivity index (χ2n) is 11.4. The molecule has 0 heterocycles. The second kappa shape index (κ2) is 15.0. The molecule has 0 aliphatic rings. The first-order valence-electron chi connectivity index (χ1n) is 16.3. The lowest BCUT2D eigenvalue weighted by Gasteiger charge is -2.27. The van der Waals surface area contributed by atoms with Gasteiger partial charge < -0.3 is 28.7 Å². The first-order valence-corrected chi connectivity index (χ1v) is 16.3. The molecule has 0 aliphatic heterocycles. The Hall–Kier alpha value is -6.66. The minimum absolute atomic E-state index is 0.652. The molecule has 0 saturated heterocycles. The van der Waals surface area contributed by atoms with Crippen LogP contribution in [-0.4, -0.2) is 14.2 Å². The van der Waals surface area contributed by atoms with Crippen molar-refractivity contribution in [2.45, 2.75) is 0 Å². The van der Waals surface area contributed by atoms with Crippen LogP contribution < -0.4 is 28.7 Å². The van der Waals surface area contributed by atoms with E-state index in [0.29, 0.717) is 23.0 Å². The number of methoxy groups -OCH3 is 2. The van der Waals surface area contributed by atoms with Gasteiger partial charge in [0.15, 0.2) is 0 Å². The van der Waals surface area contributed by atoms with Crippen molar-refractivity contribution >= 4 is 34.1 Å². The van der Waals surface area contributed by atoms with Gasteiger partial charge in [-0.15, -0.1) is 0 Å². The Kier molecular flexibility index (Phi) is 9.61. The number of ether oxygens (including phenoxy) is 4. The number of nitrogens with zero attached hydrogens (tertiary/aromatic N) is 2. The molecule has 0 aliphatic carbocycles. The van der Waals surface area contributed by atoms with Crippen molar-refractivity contribution in [3.63, 3.8) is 0 Å². The summed E-state index contributed by atoms with van der Waals surface area (Å²) in [5.41, 5.74) is 5.72. The Morgan fingerprint density at radius 2 is 0.660 bits per heavy atom. The van der Waals surface area contributed by atoms with Gasteiger partial charge in [0.25, 0.3) is 0 Å². The highest BCUT2D eigenvalue weighted by molar-refractivity contribution is 5.82. The van der Waals surface area contributed by atoms with E-state index in [-0.39, 0.29) is 0 Å². The molecule has 0 unspecified atom stereocenters. The van der Waals surface area contributed by atoms with Crippen LogP contribution in [0.2, 0.25) is 0 Å². The largest absolute Gasteiger partial charge is 0.495 e. The van der Waals surface area contributed by atoms with Crippen molar-refractivity contribution in [2.24, 2.45) is 0 Å². The number of hydrogen-bond donors (Lipinski definition) is 0. The van der Waals surface area contributed by atoms with E-state index in [2.05, 4.69) is 46.2 Å². The smallest absolute Gasteiger partial charge is 0.142 e. The average Bonchev–Trinajstić information content (AvgIpc) is 3.17. The Morgan fingerprint density at radius 3 is 1.08 bits per heavy atom. The Balaban J connectivity index is 1.16. The molecule has 0 spiro atoms. The maximum absolute atomic E-state index is 6.42. The molecule has 6 nitrogen and oxygen atoms in total. The van der Waals surface area contributed by atoms with E-state index in [1.165, 1.54) is 0 Å². The van der Waals surface area contributed by atoms with Gasteiger partial charge >= 0.3 is 0 Å². The molecule has 7 aromatic carbocycles. The van der Waals surface area contributed by atoms with Crippen LogP contribution in [0.3, 0.4) is 0 Å². The Labute approximate surface area is 292 Å². The molecular formula is C44H36N2O4. The monoisotopic (exact) mass is 656 g/mol. The first kappa shape index (κ1) is 31.9. The highest BCUT2D eigenvalue weighted by atomic mass is 16.5. The van der Waals surface area contributed by atoms with Crippen molar-refractivity contribution in [1.82, 2.24) is 0 Å². The number of benzene rings is 7. The lowest BCUT2D eigenvalue weighted by Crippen LogP contribution is -2.11. The van der Waals surface area contributed by atoms with Gasteiger partial charge in [0.1, 0.15) is 34.5 Å². The fraction of sp³-hybridized carbons (Fsp3) is 0.0455. The summed E-state index contributed by atoms with van der Waals surface area (Å²) in [6.45, 7) is 0. The molecule has 0 atom stereocenters. The highest BCUT2D eigenvalue weighted by Gasteiger charge is 2.18. The van der Waals surface area contributed by atoms with Crippen molar-refractivity contribution in [3.8, 4) is 34.5 Å². The van der Waals surface area contributed by atoms with Crippen LogP contribution in [0.15, 0.2) is 182 Å². The molecule has 7 aromatic rings. The molecule has 50 heavy (non-hydrogen) atoms. The first-order chi connectivity index (χ1) is 24.7. The van der Waals surface area contributed by atoms with E-state index in [0.717, 1.165) is 45.6 Å². The molecule has 0 aromatic heterocycles. The van der Waals surface area contributed by atoms with E-state index in [1.807, 2.05) is 146 Å². The van der Waals surface area contributed by atoms with Crippen LogP contribution in [0.5, 0.6) is 34.5 Å². The summed E-state index contributed by atoms with van der Waals surface area (Å²) in [6, 6.07) is 60.1. The topological polar surface area (TPSA) is 43.4 Å². The maximum Gasteiger partial charge on any atom is 0.142 e. The molecule has 0 fully saturated rings. The van der Waals surface area contributed by atoms with Crippen LogP contribution >= 0.6 is 0 Å². The van der Waals surface area contributed by atoms with Crippen LogP contribution in [0.25, 0.3) is 0 Å². The fourth-order valence-electron chi connectivity index (χ4n) is 5.88. The predicted molar refractivity (Wildman–Crippen MR) is 202 cm³/mol. The minimum atomic E-state index is 0.652. The number of hydrogen-bond acceptors (Lipinski definition) is 6. The van der Waals surface area contributed by atoms with Gasteiger partial charge in [0, 0.05) is 40.9 Å². The summed E-state index contributed by atoms with van der Waals surface area (Å²) < 4.78 is 24.3. The van der Waals surface area contributed by atoms with E-state index >= 15 is 0 Å². The van der Waals surface area contributed by atoms with E-state index in [4.69, 9.17) is 18.9 Å². The quantitative estimate of drug-likeness (QED) is 0.130. The number of para-hydroxylation sites is 6. The lowest BCUT2D eigenvalue weighted by molar-refractivity contribution is 0.416. The highest BCUT2D eigenvalue weighted by Crippen LogP contribution is 2.43. The van der Waals surface area contributed by atoms with Crippen LogP contribution in [0, 0.1) is 0 Å². The molecule has 0 N–H and O–H groups in total. The standard InChI is InChI=1S/C44H36N2O4/c1-47-43-28-11-9-26-41(43)45(33-16-5-3-6-17-33)35-20-13-22-37(30-35)49-39-24-15-25-40(32-39)50-38-23-14-21-36(31-38)46(34-18-7-4-8-19-34)42-27-10-12-29-44(42)48-2/h3-32H,1-2H3. The van der Waals surface area contributed by atoms with Crippen LogP contribution in [0.4, 0.5) is 34.1 Å². The summed E-state index contributed by atoms with van der Waals surface area (Å²) in [4.78, 5) is 4.31. The molecule has 0 bridgehead atoms. The maximum atomic E-state index is 6.42. The summed E-state index contributed by atoms with van der Waals surface area (Å²) in [6.07, 6.45) is 0. The predicted octanol–water partition coefficient (Wildman–Crippen LogP) is 12.2. The van der Waals surface area contributed by atoms with E-state index in [9.17, 15) is 0 Å². The van der Waals surface area contributed by atoms with E-state index in [1.54, 1.807) is 14.2 Å². The van der Waals surface area contributed by atoms with Gasteiger partial charge in [0.2, 0.25) is 0 Å². The summed E-state index contributed by atoms with van der Waals surface area (Å²) in [5, 5.41) is 0. The summed E-state index contributed by atoms with van der Waals surface area (Å²) >= 11 is 0. The Morgan fingerprint density at radius 1 is 0.320 bits per heavy atom. The van der Waals surface area contributed by atoms with Gasteiger partial charge in [-0.25, -0.2) is 0 Å². The van der Waals surface area contributed by atoms with Gasteiger partial charge in [-0.3, -0.25) is 0 Å². The van der Waals surface area contributed by atoms with Gasteiger partial charge in [0.05, 0.1) is 25.6 Å². The fourth-order valence-corrected chi connectivity index (χ4v) is 5.88. The normalized spacial score (nSPS) is 10.6. The van der Waals surface area contributed by atoms with E-state index < -0.39 is 0 Å². The van der Waals surface area contributed by atoms with Crippen LogP contribution in [-0.2, 0) is 0 Å². The van der Waals surface area contributed by atoms with Crippen molar-refractivity contribution < 1.29 is 18.9 Å². The third kappa shape index (κ3) is 7.10. The zero-order valence-electron chi connectivity index (χ0n) is 27.8. The SMILES string of the molecule is COc1ccccc1N(c1ccccc1)c1cccc(Oc2cccc(Oc3cccc(N(c4ccccc4)c4ccccc4OC)c3)c2)c1. The zero-order chi connectivity index (χ0) is 34.1. The Bertz CT molecular complexity index is 2020. The molecule has 0 amide bonds. The minimum Gasteiger partial charge on any atom is -0.495 e.